The quantitative estimate of drug-likeness (QED) is 0.334. The summed E-state index contributed by atoms with van der Waals surface area (Å²) in [7, 11) is 0. The molecule has 0 fully saturated rings. The number of aromatic nitrogens is 1. The molecule has 2 rings (SSSR count). The second-order valence-corrected chi connectivity index (χ2v) is 2.63. The Morgan fingerprint density at radius 2 is 2.36 bits per heavy atom. The Bertz CT molecular complexity index is 267. The van der Waals surface area contributed by atoms with Crippen molar-refractivity contribution in [3.8, 4) is 5.88 Å². The van der Waals surface area contributed by atoms with Crippen LogP contribution >= 0.6 is 0 Å². The molecule has 1 aliphatic heterocycles. The third-order valence-corrected chi connectivity index (χ3v) is 1.95. The molecule has 1 aromatic rings. The van der Waals surface area contributed by atoms with E-state index in [2.05, 4.69) is 4.98 Å². The molecule has 2 nitrogen and oxygen atoms in total. The van der Waals surface area contributed by atoms with Gasteiger partial charge in [-0.3, -0.25) is 0 Å². The number of hydrogen-bond donors (Lipinski definition) is 0. The van der Waals surface area contributed by atoms with Gasteiger partial charge in [0.05, 0.1) is 6.61 Å². The van der Waals surface area contributed by atoms with Crippen LogP contribution < -0.4 is 34.3 Å². The Morgan fingerprint density at radius 1 is 1.55 bits per heavy atom. The fourth-order valence-corrected chi connectivity index (χ4v) is 1.31. The Labute approximate surface area is 93.1 Å². The van der Waals surface area contributed by atoms with E-state index in [1.54, 1.807) is 6.20 Å². The molecule has 1 aliphatic rings. The van der Waals surface area contributed by atoms with E-state index < -0.39 is 0 Å². The van der Waals surface area contributed by atoms with Gasteiger partial charge in [0, 0.05) is 12.6 Å². The number of fused-ring (bicyclic) bond motifs is 1. The van der Waals surface area contributed by atoms with Gasteiger partial charge in [-0.2, -0.15) is 4.90 Å². The van der Waals surface area contributed by atoms with Crippen molar-refractivity contribution in [2.75, 3.05) is 6.61 Å². The first-order valence-corrected chi connectivity index (χ1v) is 3.56. The van der Waals surface area contributed by atoms with E-state index in [4.69, 9.17) is 17.4 Å². The zero-order chi connectivity index (χ0) is 6.97. The van der Waals surface area contributed by atoms with Crippen LogP contribution in [0.2, 0.25) is 0 Å². The molecule has 0 radical (unpaired) electrons. The minimum absolute atomic E-state index is 0. The molecule has 0 aliphatic carbocycles. The van der Waals surface area contributed by atoms with Gasteiger partial charge in [0.15, 0.2) is 0 Å². The summed E-state index contributed by atoms with van der Waals surface area (Å²) >= 11 is 5.06. The van der Waals surface area contributed by atoms with E-state index in [1.165, 1.54) is 0 Å². The number of nitrogens with zero attached hydrogens (tertiary/aromatic N) is 1. The van der Waals surface area contributed by atoms with Crippen molar-refractivity contribution in [3.05, 3.63) is 17.8 Å². The van der Waals surface area contributed by atoms with Crippen LogP contribution in [0.25, 0.3) is 0 Å². The maximum atomic E-state index is 5.20. The van der Waals surface area contributed by atoms with Gasteiger partial charge in [0.1, 0.15) is 0 Å². The van der Waals surface area contributed by atoms with Crippen LogP contribution in [0.5, 0.6) is 5.88 Å². The van der Waals surface area contributed by atoms with Crippen LogP contribution in [-0.2, 0) is 19.0 Å². The van der Waals surface area contributed by atoms with E-state index in [0.29, 0.717) is 0 Å². The van der Waals surface area contributed by atoms with E-state index >= 15 is 0 Å². The second kappa shape index (κ2) is 3.72. The zero-order valence-corrected chi connectivity index (χ0v) is 9.15. The molecule has 0 aromatic carbocycles. The van der Waals surface area contributed by atoms with Crippen molar-refractivity contribution in [2.24, 2.45) is 0 Å². The molecular weight excluding hydrogens is 169 g/mol. The summed E-state index contributed by atoms with van der Waals surface area (Å²) in [6, 6.07) is 1.84. The molecule has 0 bridgehead atoms. The molecule has 0 spiro atoms. The third-order valence-electron chi connectivity index (χ3n) is 1.56. The summed E-state index contributed by atoms with van der Waals surface area (Å²) in [6.07, 6.45) is 2.61. The molecule has 1 aromatic heterocycles. The molecule has 0 N–H and O–H groups in total. The number of rotatable bonds is 0. The van der Waals surface area contributed by atoms with Gasteiger partial charge in [-0.15, -0.1) is 0 Å². The van der Waals surface area contributed by atoms with Gasteiger partial charge < -0.3 is 17.4 Å². The largest absolute Gasteiger partial charge is 1.00 e. The van der Waals surface area contributed by atoms with Crippen molar-refractivity contribution < 1.29 is 34.3 Å². The van der Waals surface area contributed by atoms with Crippen LogP contribution in [0.15, 0.2) is 17.2 Å². The molecule has 0 saturated carbocycles. The molecule has 52 valence electrons. The van der Waals surface area contributed by atoms with Gasteiger partial charge in [-0.1, -0.05) is 6.07 Å². The Hall–Kier alpha value is 0.170. The van der Waals surface area contributed by atoms with Crippen LogP contribution in [0.3, 0.4) is 0 Å². The standard InChI is InChI=1S/C7H7NOS.Na/c10-6-1-3-8-7-5(6)2-4-9-7;/h1,3H,2,4H2,(H,8,10);/q;+1/p-1. The topological polar surface area (TPSA) is 22.1 Å². The molecule has 0 saturated heterocycles. The molecule has 0 atom stereocenters. The van der Waals surface area contributed by atoms with Crippen LogP contribution in [0, 0.1) is 0 Å². The first kappa shape index (κ1) is 9.26. The monoisotopic (exact) mass is 175 g/mol. The fourth-order valence-electron chi connectivity index (χ4n) is 1.06. The second-order valence-electron chi connectivity index (χ2n) is 2.19. The number of hydrogen-bond acceptors (Lipinski definition) is 3. The maximum Gasteiger partial charge on any atom is 1.00 e. The van der Waals surface area contributed by atoms with Crippen molar-refractivity contribution in [1.82, 2.24) is 4.98 Å². The van der Waals surface area contributed by atoms with Crippen molar-refractivity contribution in [3.63, 3.8) is 0 Å². The van der Waals surface area contributed by atoms with Gasteiger partial charge in [0.25, 0.3) is 0 Å². The summed E-state index contributed by atoms with van der Waals surface area (Å²) in [6.45, 7) is 0.732. The van der Waals surface area contributed by atoms with Crippen LogP contribution in [0.1, 0.15) is 5.56 Å². The van der Waals surface area contributed by atoms with E-state index in [1.807, 2.05) is 6.07 Å². The van der Waals surface area contributed by atoms with Crippen molar-refractivity contribution in [2.45, 2.75) is 11.3 Å². The van der Waals surface area contributed by atoms with Crippen LogP contribution in [-0.4, -0.2) is 11.6 Å². The molecule has 11 heavy (non-hydrogen) atoms. The average molecular weight is 175 g/mol. The summed E-state index contributed by atoms with van der Waals surface area (Å²) < 4.78 is 5.20. The fraction of sp³-hybridized carbons (Fsp3) is 0.286. The minimum atomic E-state index is 0. The third kappa shape index (κ3) is 1.67. The Kier molecular flexibility index (Phi) is 3.13. The summed E-state index contributed by atoms with van der Waals surface area (Å²) in [5.41, 5.74) is 1.09. The predicted molar refractivity (Wildman–Crippen MR) is 39.1 cm³/mol. The number of ether oxygens (including phenoxy) is 1. The summed E-state index contributed by atoms with van der Waals surface area (Å²) in [4.78, 5) is 4.91. The maximum absolute atomic E-state index is 5.20. The first-order valence-electron chi connectivity index (χ1n) is 3.15. The number of pyridine rings is 1. The van der Waals surface area contributed by atoms with Crippen LogP contribution in [0.4, 0.5) is 0 Å². The SMILES string of the molecule is [Na+].[S-]c1ccnc2c1CCO2. The zero-order valence-electron chi connectivity index (χ0n) is 6.33. The van der Waals surface area contributed by atoms with Gasteiger partial charge in [0.2, 0.25) is 5.88 Å². The average Bonchev–Trinajstić information content (AvgIpc) is 2.36. The van der Waals surface area contributed by atoms with Crippen molar-refractivity contribution >= 4 is 12.6 Å². The molecule has 4 heteroatoms. The smallest absolute Gasteiger partial charge is 0.779 e. The molecule has 0 unspecified atom stereocenters. The van der Waals surface area contributed by atoms with E-state index in [-0.39, 0.29) is 29.6 Å². The van der Waals surface area contributed by atoms with Gasteiger partial charge in [-0.25, -0.2) is 4.98 Å². The first-order chi connectivity index (χ1) is 4.88. The normalized spacial score (nSPS) is 13.1. The van der Waals surface area contributed by atoms with E-state index in [9.17, 15) is 0 Å². The van der Waals surface area contributed by atoms with Gasteiger partial charge in [-0.05, 0) is 5.56 Å². The Balaban J connectivity index is 0.000000605. The van der Waals surface area contributed by atoms with Gasteiger partial charge >= 0.3 is 29.6 Å². The minimum Gasteiger partial charge on any atom is -0.779 e. The summed E-state index contributed by atoms with van der Waals surface area (Å²) in [5, 5.41) is 0. The molecule has 2 heterocycles. The predicted octanol–water partition coefficient (Wildman–Crippen LogP) is -2.07. The summed E-state index contributed by atoms with van der Waals surface area (Å²) in [5.74, 6) is 0.729. The molecule has 0 amide bonds. The molecular formula is C7H6NNaOS. The Morgan fingerprint density at radius 3 is 3.09 bits per heavy atom. The van der Waals surface area contributed by atoms with E-state index in [0.717, 1.165) is 29.4 Å². The van der Waals surface area contributed by atoms with Crippen molar-refractivity contribution in [1.29, 1.82) is 0 Å².